The predicted octanol–water partition coefficient (Wildman–Crippen LogP) is 4.94. The van der Waals surface area contributed by atoms with E-state index in [1.54, 1.807) is 0 Å². The van der Waals surface area contributed by atoms with Crippen molar-refractivity contribution in [3.8, 4) is 5.88 Å². The Morgan fingerprint density at radius 2 is 1.48 bits per heavy atom. The SMILES string of the molecule is CCOc1nc2ccccc2c2cc3ccccc3cc12. The summed E-state index contributed by atoms with van der Waals surface area (Å²) in [5.74, 6) is 0.719. The second-order valence-electron chi connectivity index (χ2n) is 5.11. The molecule has 0 radical (unpaired) electrons. The van der Waals surface area contributed by atoms with E-state index in [0.29, 0.717) is 6.61 Å². The molecule has 0 saturated heterocycles. The van der Waals surface area contributed by atoms with Crippen LogP contribution in [0.5, 0.6) is 5.88 Å². The van der Waals surface area contributed by atoms with Gasteiger partial charge in [-0.25, -0.2) is 4.98 Å². The molecular weight excluding hydrogens is 258 g/mol. The van der Waals surface area contributed by atoms with Crippen LogP contribution in [0.15, 0.2) is 60.7 Å². The molecule has 0 aliphatic carbocycles. The molecule has 0 amide bonds. The summed E-state index contributed by atoms with van der Waals surface area (Å²) in [7, 11) is 0. The van der Waals surface area contributed by atoms with E-state index in [2.05, 4.69) is 53.5 Å². The van der Waals surface area contributed by atoms with Gasteiger partial charge >= 0.3 is 0 Å². The van der Waals surface area contributed by atoms with Crippen LogP contribution >= 0.6 is 0 Å². The van der Waals surface area contributed by atoms with Crippen molar-refractivity contribution in [2.24, 2.45) is 0 Å². The molecule has 0 bridgehead atoms. The summed E-state index contributed by atoms with van der Waals surface area (Å²) < 4.78 is 5.77. The Morgan fingerprint density at radius 1 is 0.810 bits per heavy atom. The molecular formula is C19H15NO. The zero-order valence-corrected chi connectivity index (χ0v) is 11.8. The van der Waals surface area contributed by atoms with Crippen LogP contribution in [0.1, 0.15) is 6.92 Å². The van der Waals surface area contributed by atoms with E-state index in [1.165, 1.54) is 21.5 Å². The number of para-hydroxylation sites is 1. The lowest BCUT2D eigenvalue weighted by molar-refractivity contribution is 0.332. The standard InChI is InChI=1S/C19H15NO/c1-2-21-19-17-12-14-8-4-3-7-13(14)11-16(17)15-9-5-6-10-18(15)20-19/h3-12H,2H2,1H3. The van der Waals surface area contributed by atoms with E-state index in [1.807, 2.05) is 19.1 Å². The smallest absolute Gasteiger partial charge is 0.221 e. The third-order valence-corrected chi connectivity index (χ3v) is 3.81. The third kappa shape index (κ3) is 1.91. The van der Waals surface area contributed by atoms with Crippen LogP contribution in [0.25, 0.3) is 32.4 Å². The van der Waals surface area contributed by atoms with Gasteiger partial charge in [0.2, 0.25) is 5.88 Å². The molecule has 4 aromatic rings. The van der Waals surface area contributed by atoms with Crippen LogP contribution in [-0.4, -0.2) is 11.6 Å². The lowest BCUT2D eigenvalue weighted by Gasteiger charge is -2.11. The molecule has 4 rings (SSSR count). The molecule has 0 spiro atoms. The number of hydrogen-bond acceptors (Lipinski definition) is 2. The molecule has 0 aliphatic heterocycles. The van der Waals surface area contributed by atoms with Crippen LogP contribution in [0.2, 0.25) is 0 Å². The summed E-state index contributed by atoms with van der Waals surface area (Å²) in [6.07, 6.45) is 0. The summed E-state index contributed by atoms with van der Waals surface area (Å²) in [5.41, 5.74) is 0.976. The first kappa shape index (κ1) is 12.2. The van der Waals surface area contributed by atoms with Crippen molar-refractivity contribution < 1.29 is 4.74 Å². The van der Waals surface area contributed by atoms with Gasteiger partial charge in [-0.15, -0.1) is 0 Å². The first-order chi connectivity index (χ1) is 10.4. The van der Waals surface area contributed by atoms with Crippen molar-refractivity contribution in [3.63, 3.8) is 0 Å². The number of benzene rings is 3. The first-order valence-corrected chi connectivity index (χ1v) is 7.21. The largest absolute Gasteiger partial charge is 0.478 e. The summed E-state index contributed by atoms with van der Waals surface area (Å²) in [4.78, 5) is 4.68. The van der Waals surface area contributed by atoms with E-state index in [4.69, 9.17) is 4.74 Å². The second kappa shape index (κ2) is 4.74. The maximum Gasteiger partial charge on any atom is 0.221 e. The van der Waals surface area contributed by atoms with E-state index >= 15 is 0 Å². The van der Waals surface area contributed by atoms with Gasteiger partial charge in [-0.3, -0.25) is 0 Å². The topological polar surface area (TPSA) is 22.1 Å². The average molecular weight is 273 g/mol. The van der Waals surface area contributed by atoms with Crippen LogP contribution in [-0.2, 0) is 0 Å². The van der Waals surface area contributed by atoms with Gasteiger partial charge in [-0.2, -0.15) is 0 Å². The third-order valence-electron chi connectivity index (χ3n) is 3.81. The quantitative estimate of drug-likeness (QED) is 0.381. The van der Waals surface area contributed by atoms with Gasteiger partial charge in [0.25, 0.3) is 0 Å². The number of nitrogens with zero attached hydrogens (tertiary/aromatic N) is 1. The van der Waals surface area contributed by atoms with Crippen LogP contribution < -0.4 is 4.74 Å². The second-order valence-corrected chi connectivity index (χ2v) is 5.11. The minimum Gasteiger partial charge on any atom is -0.478 e. The Hall–Kier alpha value is -2.61. The lowest BCUT2D eigenvalue weighted by Crippen LogP contribution is -1.96. The number of pyridine rings is 1. The summed E-state index contributed by atoms with van der Waals surface area (Å²) in [6, 6.07) is 21.0. The number of fused-ring (bicyclic) bond motifs is 4. The van der Waals surface area contributed by atoms with Crippen LogP contribution in [0, 0.1) is 0 Å². The van der Waals surface area contributed by atoms with Gasteiger partial charge in [0.05, 0.1) is 12.1 Å². The zero-order valence-electron chi connectivity index (χ0n) is 11.8. The highest BCUT2D eigenvalue weighted by molar-refractivity contribution is 6.12. The molecule has 3 aromatic carbocycles. The molecule has 1 aromatic heterocycles. The molecule has 0 atom stereocenters. The van der Waals surface area contributed by atoms with Crippen molar-refractivity contribution in [2.75, 3.05) is 6.61 Å². The lowest BCUT2D eigenvalue weighted by atomic mass is 10.0. The zero-order chi connectivity index (χ0) is 14.2. The molecule has 0 saturated carbocycles. The minimum absolute atomic E-state index is 0.618. The fourth-order valence-corrected chi connectivity index (χ4v) is 2.86. The number of hydrogen-bond donors (Lipinski definition) is 0. The number of ether oxygens (including phenoxy) is 1. The molecule has 0 aliphatic rings. The highest BCUT2D eigenvalue weighted by Gasteiger charge is 2.10. The minimum atomic E-state index is 0.618. The van der Waals surface area contributed by atoms with Gasteiger partial charge in [0, 0.05) is 10.8 Å². The molecule has 102 valence electrons. The van der Waals surface area contributed by atoms with Crippen molar-refractivity contribution in [2.45, 2.75) is 6.92 Å². The molecule has 0 N–H and O–H groups in total. The Bertz CT molecular complexity index is 959. The Balaban J connectivity index is 2.21. The van der Waals surface area contributed by atoms with Gasteiger partial charge in [-0.1, -0.05) is 42.5 Å². The van der Waals surface area contributed by atoms with E-state index < -0.39 is 0 Å². The van der Waals surface area contributed by atoms with E-state index in [0.717, 1.165) is 16.8 Å². The normalized spacial score (nSPS) is 11.3. The fourth-order valence-electron chi connectivity index (χ4n) is 2.86. The van der Waals surface area contributed by atoms with Gasteiger partial charge < -0.3 is 4.74 Å². The molecule has 2 nitrogen and oxygen atoms in total. The van der Waals surface area contributed by atoms with Gasteiger partial charge in [-0.05, 0) is 41.3 Å². The maximum atomic E-state index is 5.77. The van der Waals surface area contributed by atoms with Crippen LogP contribution in [0.3, 0.4) is 0 Å². The molecule has 1 heterocycles. The summed E-state index contributed by atoms with van der Waals surface area (Å²) in [5, 5.41) is 5.89. The number of rotatable bonds is 2. The Morgan fingerprint density at radius 3 is 2.24 bits per heavy atom. The highest BCUT2D eigenvalue weighted by atomic mass is 16.5. The fraction of sp³-hybridized carbons (Fsp3) is 0.105. The molecule has 21 heavy (non-hydrogen) atoms. The van der Waals surface area contributed by atoms with Crippen molar-refractivity contribution in [3.05, 3.63) is 60.7 Å². The van der Waals surface area contributed by atoms with E-state index in [9.17, 15) is 0 Å². The molecule has 0 fully saturated rings. The predicted molar refractivity (Wildman–Crippen MR) is 87.9 cm³/mol. The van der Waals surface area contributed by atoms with E-state index in [-0.39, 0.29) is 0 Å². The average Bonchev–Trinajstić information content (AvgIpc) is 2.54. The molecule has 2 heteroatoms. The monoisotopic (exact) mass is 273 g/mol. The summed E-state index contributed by atoms with van der Waals surface area (Å²) in [6.45, 7) is 2.61. The van der Waals surface area contributed by atoms with Crippen LogP contribution in [0.4, 0.5) is 0 Å². The maximum absolute atomic E-state index is 5.77. The summed E-state index contributed by atoms with van der Waals surface area (Å²) >= 11 is 0. The highest BCUT2D eigenvalue weighted by Crippen LogP contribution is 2.33. The Kier molecular flexibility index (Phi) is 2.74. The van der Waals surface area contributed by atoms with Gasteiger partial charge in [0.1, 0.15) is 0 Å². The molecule has 0 unspecified atom stereocenters. The number of aromatic nitrogens is 1. The van der Waals surface area contributed by atoms with Crippen molar-refractivity contribution >= 4 is 32.4 Å². The first-order valence-electron chi connectivity index (χ1n) is 7.21. The van der Waals surface area contributed by atoms with Crippen molar-refractivity contribution in [1.82, 2.24) is 4.98 Å². The van der Waals surface area contributed by atoms with Gasteiger partial charge in [0.15, 0.2) is 0 Å². The van der Waals surface area contributed by atoms with Crippen molar-refractivity contribution in [1.29, 1.82) is 0 Å². The Labute approximate surface area is 123 Å².